The van der Waals surface area contributed by atoms with E-state index >= 15 is 0 Å². The second kappa shape index (κ2) is 16.1. The van der Waals surface area contributed by atoms with Crippen LogP contribution < -0.4 is 0 Å². The van der Waals surface area contributed by atoms with Crippen molar-refractivity contribution in [1.29, 1.82) is 0 Å². The van der Waals surface area contributed by atoms with Crippen molar-refractivity contribution in [3.8, 4) is 33.6 Å². The summed E-state index contributed by atoms with van der Waals surface area (Å²) in [6.45, 7) is 8.77. The van der Waals surface area contributed by atoms with Gasteiger partial charge >= 0.3 is 0 Å². The van der Waals surface area contributed by atoms with Crippen LogP contribution in [0.15, 0.2) is 116 Å². The molecule has 4 bridgehead atoms. The molecule has 0 unspecified atom stereocenters. The van der Waals surface area contributed by atoms with Gasteiger partial charge in [0.05, 0.1) is 0 Å². The zero-order chi connectivity index (χ0) is 31.9. The van der Waals surface area contributed by atoms with Gasteiger partial charge in [0.1, 0.15) is 0 Å². The number of aryl methyl sites for hydroxylation is 6. The zero-order valence-electron chi connectivity index (χ0n) is 27.8. The van der Waals surface area contributed by atoms with Gasteiger partial charge in [-0.2, -0.15) is 0 Å². The van der Waals surface area contributed by atoms with Gasteiger partial charge in [-0.05, 0) is 107 Å². The third kappa shape index (κ3) is 9.01. The molecule has 0 N–H and O–H groups in total. The molecule has 2 aromatic heterocycles. The Bertz CT molecular complexity index is 1890. The van der Waals surface area contributed by atoms with Crippen molar-refractivity contribution in [3.63, 3.8) is 0 Å². The van der Waals surface area contributed by atoms with Gasteiger partial charge in [-0.1, -0.05) is 75.4 Å². The summed E-state index contributed by atoms with van der Waals surface area (Å²) in [6, 6.07) is 43.4. The Balaban J connectivity index is 0.000000260. The molecule has 0 aliphatic heterocycles. The van der Waals surface area contributed by atoms with Crippen molar-refractivity contribution in [3.05, 3.63) is 167 Å². The van der Waals surface area contributed by atoms with Crippen molar-refractivity contribution in [2.45, 2.75) is 59.8 Å². The van der Waals surface area contributed by atoms with E-state index < -0.39 is 0 Å². The summed E-state index contributed by atoms with van der Waals surface area (Å²) in [7, 11) is 0. The number of rotatable bonds is 5. The fourth-order valence-electron chi connectivity index (χ4n) is 6.12. The molecule has 1 radical (unpaired) electrons. The molecule has 0 amide bonds. The summed E-state index contributed by atoms with van der Waals surface area (Å²) in [4.78, 5) is 8.96. The number of aromatic nitrogens is 2. The largest absolute Gasteiger partial charge is 0.305 e. The minimum atomic E-state index is 0. The molecular formula is C44H42IrN2-2. The molecule has 0 atom stereocenters. The van der Waals surface area contributed by atoms with Gasteiger partial charge in [0.25, 0.3) is 0 Å². The van der Waals surface area contributed by atoms with Crippen molar-refractivity contribution in [2.75, 3.05) is 0 Å². The summed E-state index contributed by atoms with van der Waals surface area (Å²) in [6.07, 6.45) is 9.26. The van der Waals surface area contributed by atoms with Gasteiger partial charge in [-0.25, -0.2) is 0 Å². The van der Waals surface area contributed by atoms with Crippen LogP contribution in [0, 0.1) is 31.9 Å². The standard InChI is InChI=1S/C32H32N.C12H10N.Ir/c1-22(2)18-30-19-24-6-12-26(30)13-7-25-9-15-27(14-8-24)31(20-25)29-16-17-33-32(21-29)28-10-4-23(3)5-11-28;1-10-7-8-12(13-9-10)11-5-3-2-4-6-11;/h4-6,9-10,12,15-17,19-22H,7-8,13-14,18H2,1-3H3;2-5,7-9H,1H3;/q2*-1;. The van der Waals surface area contributed by atoms with E-state index in [1.807, 2.05) is 55.7 Å². The quantitative estimate of drug-likeness (QED) is 0.163. The molecule has 6 aromatic rings. The van der Waals surface area contributed by atoms with Crippen LogP contribution in [0.3, 0.4) is 0 Å². The average Bonchev–Trinajstić information content (AvgIpc) is 3.07. The summed E-state index contributed by atoms with van der Waals surface area (Å²) in [5.41, 5.74) is 16.4. The van der Waals surface area contributed by atoms with E-state index in [0.29, 0.717) is 5.92 Å². The van der Waals surface area contributed by atoms with Crippen LogP contribution in [0.2, 0.25) is 0 Å². The van der Waals surface area contributed by atoms with Gasteiger partial charge in [0.2, 0.25) is 0 Å². The first-order valence-corrected chi connectivity index (χ1v) is 16.5. The molecule has 47 heavy (non-hydrogen) atoms. The Kier molecular flexibility index (Phi) is 11.7. The second-order valence-electron chi connectivity index (χ2n) is 12.9. The van der Waals surface area contributed by atoms with Gasteiger partial charge in [0.15, 0.2) is 0 Å². The first-order chi connectivity index (χ1) is 22.4. The van der Waals surface area contributed by atoms with Crippen LogP contribution in [-0.2, 0) is 52.2 Å². The van der Waals surface area contributed by atoms with E-state index in [2.05, 4.69) is 110 Å². The van der Waals surface area contributed by atoms with E-state index in [1.165, 1.54) is 50.9 Å². The van der Waals surface area contributed by atoms with E-state index in [9.17, 15) is 0 Å². The normalized spacial score (nSPS) is 12.0. The first kappa shape index (κ1) is 34.2. The predicted octanol–water partition coefficient (Wildman–Crippen LogP) is 10.5. The van der Waals surface area contributed by atoms with Gasteiger partial charge < -0.3 is 9.97 Å². The maximum atomic E-state index is 4.65. The topological polar surface area (TPSA) is 25.8 Å². The second-order valence-corrected chi connectivity index (χ2v) is 12.9. The molecule has 4 aliphatic carbocycles. The third-order valence-corrected chi connectivity index (χ3v) is 8.65. The molecule has 0 spiro atoms. The van der Waals surface area contributed by atoms with Gasteiger partial charge in [-0.15, -0.1) is 71.3 Å². The van der Waals surface area contributed by atoms with E-state index in [0.717, 1.165) is 48.2 Å². The molecule has 0 saturated carbocycles. The van der Waals surface area contributed by atoms with Crippen LogP contribution >= 0.6 is 0 Å². The van der Waals surface area contributed by atoms with Crippen molar-refractivity contribution < 1.29 is 20.1 Å². The SMILES string of the molecule is Cc1c[c-]c(-c2cc(-c3cc4ccc3CCc3ccc(c(CC(C)C)c3)CC4)ccn2)cc1.Cc1ccc(-c2[c-]cccc2)nc1.[Ir]. The van der Waals surface area contributed by atoms with E-state index in [1.54, 1.807) is 5.56 Å². The maximum absolute atomic E-state index is 4.65. The Labute approximate surface area is 294 Å². The molecule has 4 aliphatic rings. The summed E-state index contributed by atoms with van der Waals surface area (Å²) in [5.74, 6) is 0.684. The van der Waals surface area contributed by atoms with Gasteiger partial charge in [-0.3, -0.25) is 0 Å². The van der Waals surface area contributed by atoms with Crippen LogP contribution in [0.4, 0.5) is 0 Å². The number of hydrogen-bond acceptors (Lipinski definition) is 2. The number of hydrogen-bond donors (Lipinski definition) is 0. The zero-order valence-corrected chi connectivity index (χ0v) is 30.2. The van der Waals surface area contributed by atoms with Crippen molar-refractivity contribution >= 4 is 0 Å². The summed E-state index contributed by atoms with van der Waals surface area (Å²) in [5, 5.41) is 0. The molecule has 239 valence electrons. The number of benzene rings is 4. The minimum Gasteiger partial charge on any atom is -0.305 e. The van der Waals surface area contributed by atoms with Crippen LogP contribution in [-0.4, -0.2) is 9.97 Å². The smallest absolute Gasteiger partial charge is 0.0190 e. The van der Waals surface area contributed by atoms with Crippen molar-refractivity contribution in [1.82, 2.24) is 9.97 Å². The van der Waals surface area contributed by atoms with Crippen LogP contribution in [0.5, 0.6) is 0 Å². The Morgan fingerprint density at radius 2 is 1.40 bits per heavy atom. The third-order valence-electron chi connectivity index (χ3n) is 8.65. The van der Waals surface area contributed by atoms with E-state index in [-0.39, 0.29) is 20.1 Å². The van der Waals surface area contributed by atoms with E-state index in [4.69, 9.17) is 0 Å². The predicted molar refractivity (Wildman–Crippen MR) is 192 cm³/mol. The maximum Gasteiger partial charge on any atom is 0.0190 e. The fourth-order valence-corrected chi connectivity index (χ4v) is 6.12. The van der Waals surface area contributed by atoms with Crippen LogP contribution in [0.1, 0.15) is 52.8 Å². The minimum absolute atomic E-state index is 0. The Morgan fingerprint density at radius 3 is 2.11 bits per heavy atom. The average molecular weight is 791 g/mol. The molecule has 4 aromatic carbocycles. The number of pyridine rings is 2. The Hall–Kier alpha value is -4.17. The van der Waals surface area contributed by atoms with Gasteiger partial charge in [0, 0.05) is 32.5 Å². The number of nitrogens with zero attached hydrogens (tertiary/aromatic N) is 2. The Morgan fingerprint density at radius 1 is 0.660 bits per heavy atom. The first-order valence-electron chi connectivity index (χ1n) is 16.5. The monoisotopic (exact) mass is 791 g/mol. The summed E-state index contributed by atoms with van der Waals surface area (Å²) >= 11 is 0. The molecular weight excluding hydrogens is 749 g/mol. The van der Waals surface area contributed by atoms with Crippen molar-refractivity contribution in [2.24, 2.45) is 5.92 Å². The molecule has 2 heterocycles. The molecule has 2 nitrogen and oxygen atoms in total. The van der Waals surface area contributed by atoms with Crippen LogP contribution in [0.25, 0.3) is 33.6 Å². The molecule has 3 heteroatoms. The molecule has 0 saturated heterocycles. The summed E-state index contributed by atoms with van der Waals surface area (Å²) < 4.78 is 0. The fraction of sp³-hybridized carbons (Fsp3) is 0.227. The molecule has 0 fully saturated rings. The molecule has 10 rings (SSSR count).